The topological polar surface area (TPSA) is 110 Å². The molecule has 0 fully saturated rings. The lowest BCUT2D eigenvalue weighted by Gasteiger charge is -2.25. The van der Waals surface area contributed by atoms with Crippen molar-refractivity contribution in [1.29, 1.82) is 0 Å². The van der Waals surface area contributed by atoms with Crippen LogP contribution in [-0.2, 0) is 16.1 Å². The molecule has 2 aromatic carbocycles. The van der Waals surface area contributed by atoms with Gasteiger partial charge in [0, 0.05) is 40.9 Å². The Balaban J connectivity index is 1.39. The molecule has 3 aromatic rings. The van der Waals surface area contributed by atoms with Gasteiger partial charge in [-0.25, -0.2) is 9.97 Å². The first-order chi connectivity index (χ1) is 25.1. The third-order valence-electron chi connectivity index (χ3n) is 7.76. The lowest BCUT2D eigenvalue weighted by Crippen LogP contribution is -2.46. The predicted octanol–water partition coefficient (Wildman–Crippen LogP) is 10.0. The van der Waals surface area contributed by atoms with Crippen molar-refractivity contribution in [3.05, 3.63) is 143 Å². The van der Waals surface area contributed by atoms with Crippen LogP contribution in [0.1, 0.15) is 99.4 Å². The first-order valence-electron chi connectivity index (χ1n) is 17.8. The smallest absolute Gasteiger partial charge is 0.263 e. The Morgan fingerprint density at radius 2 is 1.33 bits per heavy atom. The fraction of sp³-hybridized carbons (Fsp3) is 0.326. The number of aryl methyl sites for hydroxylation is 1. The second-order valence-corrected chi connectivity index (χ2v) is 13.0. The van der Waals surface area contributed by atoms with Gasteiger partial charge in [0.05, 0.1) is 0 Å². The number of benzene rings is 2. The Labute approximate surface area is 313 Å². The van der Waals surface area contributed by atoms with Crippen molar-refractivity contribution in [2.75, 3.05) is 5.32 Å². The molecule has 1 aromatic heterocycles. The molecule has 0 atom stereocenters. The zero-order valence-electron chi connectivity index (χ0n) is 30.7. The van der Waals surface area contributed by atoms with Crippen molar-refractivity contribution in [3.8, 4) is 5.75 Å². The molecule has 274 valence electrons. The Kier molecular flexibility index (Phi) is 18.0. The van der Waals surface area contributed by atoms with E-state index in [1.165, 1.54) is 0 Å². The summed E-state index contributed by atoms with van der Waals surface area (Å²) in [4.78, 5) is 47.3. The van der Waals surface area contributed by atoms with Crippen LogP contribution in [0.4, 0.5) is 5.82 Å². The Hall–Kier alpha value is -5.08. The molecule has 52 heavy (non-hydrogen) atoms. The van der Waals surface area contributed by atoms with Gasteiger partial charge in [0.15, 0.2) is 11.4 Å². The van der Waals surface area contributed by atoms with Crippen LogP contribution in [-0.4, -0.2) is 33.2 Å². The first-order valence-corrected chi connectivity index (χ1v) is 18.2. The molecular formula is C43H51ClN4O4. The highest BCUT2D eigenvalue weighted by Crippen LogP contribution is 2.22. The summed E-state index contributed by atoms with van der Waals surface area (Å²) in [6.45, 7) is 7.28. The third kappa shape index (κ3) is 15.4. The minimum Gasteiger partial charge on any atom is -0.478 e. The molecule has 0 aliphatic carbocycles. The van der Waals surface area contributed by atoms with Crippen LogP contribution in [0.15, 0.2) is 115 Å². The molecule has 0 unspecified atom stereocenters. The van der Waals surface area contributed by atoms with Gasteiger partial charge in [0.25, 0.3) is 5.91 Å². The van der Waals surface area contributed by atoms with Crippen molar-refractivity contribution >= 4 is 35.0 Å². The molecule has 0 bridgehead atoms. The number of nitrogens with zero attached hydrogens (tertiary/aromatic N) is 2. The van der Waals surface area contributed by atoms with Crippen LogP contribution < -0.4 is 15.4 Å². The van der Waals surface area contributed by atoms with E-state index in [1.54, 1.807) is 75.5 Å². The van der Waals surface area contributed by atoms with E-state index in [0.717, 1.165) is 38.5 Å². The molecule has 0 saturated carbocycles. The molecule has 0 aliphatic heterocycles. The number of nitrogens with one attached hydrogen (secondary N) is 2. The second kappa shape index (κ2) is 22.7. The number of hydrogen-bond donors (Lipinski definition) is 2. The van der Waals surface area contributed by atoms with E-state index in [-0.39, 0.29) is 24.1 Å². The molecule has 3 rings (SSSR count). The SMILES string of the molecule is CCC=CCC=CCC=CCC=CCC=CCCCC(=O)Nc1nc(C)ncc1CNC(=O)C(C)(C)Oc1ccc(C(=O)c2ccc(Cl)cc2)cc1. The monoisotopic (exact) mass is 722 g/mol. The highest BCUT2D eigenvalue weighted by molar-refractivity contribution is 6.30. The zero-order valence-corrected chi connectivity index (χ0v) is 31.5. The zero-order chi connectivity index (χ0) is 37.6. The normalized spacial score (nSPS) is 12.1. The average Bonchev–Trinajstić information content (AvgIpc) is 3.12. The summed E-state index contributed by atoms with van der Waals surface area (Å²) in [6.07, 6.45) is 29.9. The van der Waals surface area contributed by atoms with Gasteiger partial charge in [-0.05, 0) is 114 Å². The van der Waals surface area contributed by atoms with Crippen LogP contribution in [0.2, 0.25) is 5.02 Å². The van der Waals surface area contributed by atoms with Gasteiger partial charge in [-0.3, -0.25) is 14.4 Å². The second-order valence-electron chi connectivity index (χ2n) is 12.6. The highest BCUT2D eigenvalue weighted by atomic mass is 35.5. The van der Waals surface area contributed by atoms with Gasteiger partial charge >= 0.3 is 0 Å². The number of rotatable bonds is 21. The van der Waals surface area contributed by atoms with E-state index in [2.05, 4.69) is 88.3 Å². The third-order valence-corrected chi connectivity index (χ3v) is 8.01. The van der Waals surface area contributed by atoms with E-state index < -0.39 is 5.60 Å². The van der Waals surface area contributed by atoms with E-state index in [1.807, 2.05) is 0 Å². The highest BCUT2D eigenvalue weighted by Gasteiger charge is 2.30. The minimum atomic E-state index is -1.24. The van der Waals surface area contributed by atoms with E-state index in [9.17, 15) is 14.4 Å². The number of halogens is 1. The number of carbonyl (C=O) groups is 3. The lowest BCUT2D eigenvalue weighted by atomic mass is 10.0. The number of aromatic nitrogens is 2. The summed E-state index contributed by atoms with van der Waals surface area (Å²) in [5.74, 6) is 0.638. The van der Waals surface area contributed by atoms with Gasteiger partial charge < -0.3 is 15.4 Å². The van der Waals surface area contributed by atoms with E-state index >= 15 is 0 Å². The van der Waals surface area contributed by atoms with Gasteiger partial charge in [0.2, 0.25) is 5.91 Å². The van der Waals surface area contributed by atoms with E-state index in [0.29, 0.717) is 51.9 Å². The minimum absolute atomic E-state index is 0.0933. The maximum absolute atomic E-state index is 13.2. The number of anilines is 1. The van der Waals surface area contributed by atoms with E-state index in [4.69, 9.17) is 16.3 Å². The largest absolute Gasteiger partial charge is 0.478 e. The van der Waals surface area contributed by atoms with Crippen LogP contribution in [0.25, 0.3) is 0 Å². The Morgan fingerprint density at radius 1 is 0.788 bits per heavy atom. The van der Waals surface area contributed by atoms with Crippen molar-refractivity contribution in [2.24, 2.45) is 0 Å². The fourth-order valence-electron chi connectivity index (χ4n) is 4.85. The van der Waals surface area contributed by atoms with Crippen LogP contribution in [0.5, 0.6) is 5.75 Å². The molecule has 9 heteroatoms. The quantitative estimate of drug-likeness (QED) is 0.0643. The first kappa shape index (κ1) is 41.3. The lowest BCUT2D eigenvalue weighted by molar-refractivity contribution is -0.134. The maximum Gasteiger partial charge on any atom is 0.263 e. The summed E-state index contributed by atoms with van der Waals surface area (Å²) >= 11 is 5.93. The molecule has 2 N–H and O–H groups in total. The number of ketones is 1. The molecule has 0 spiro atoms. The maximum atomic E-state index is 13.2. The summed E-state index contributed by atoms with van der Waals surface area (Å²) in [7, 11) is 0. The van der Waals surface area contributed by atoms with Crippen molar-refractivity contribution in [2.45, 2.75) is 91.2 Å². The predicted molar refractivity (Wildman–Crippen MR) is 212 cm³/mol. The average molecular weight is 723 g/mol. The molecule has 0 radical (unpaired) electrons. The summed E-state index contributed by atoms with van der Waals surface area (Å²) in [5.41, 5.74) is 0.348. The molecule has 8 nitrogen and oxygen atoms in total. The van der Waals surface area contributed by atoms with Crippen molar-refractivity contribution < 1.29 is 19.1 Å². The van der Waals surface area contributed by atoms with Crippen LogP contribution in [0.3, 0.4) is 0 Å². The van der Waals surface area contributed by atoms with Crippen LogP contribution in [0, 0.1) is 6.92 Å². The van der Waals surface area contributed by atoms with Crippen LogP contribution >= 0.6 is 11.6 Å². The molecular weight excluding hydrogens is 672 g/mol. The summed E-state index contributed by atoms with van der Waals surface area (Å²) in [6, 6.07) is 13.3. The number of ether oxygens (including phenoxy) is 1. The Morgan fingerprint density at radius 3 is 1.90 bits per heavy atom. The number of carbonyl (C=O) groups excluding carboxylic acids is 3. The standard InChI is InChI=1S/C43H51ClN4O4/c1-5-6-7-8-9-10-11-12-13-14-15-16-17-18-19-20-21-22-39(49)48-41-36(31-45-33(2)47-41)32-46-42(51)43(3,4)52-38-29-25-35(26-30-38)40(50)34-23-27-37(44)28-24-34/h6-7,9-10,12-13,15-16,18-19,23-31H,5,8,11,14,17,20-22,32H2,1-4H3,(H,46,51)(H,45,47,48,49). The van der Waals surface area contributed by atoms with Gasteiger partial charge in [0.1, 0.15) is 17.4 Å². The van der Waals surface area contributed by atoms with Crippen molar-refractivity contribution in [1.82, 2.24) is 15.3 Å². The molecule has 2 amide bonds. The molecule has 1 heterocycles. The Bertz CT molecular complexity index is 1740. The summed E-state index contributed by atoms with van der Waals surface area (Å²) < 4.78 is 5.99. The number of amides is 2. The molecule has 0 aliphatic rings. The number of allylic oxidation sites excluding steroid dienone is 10. The van der Waals surface area contributed by atoms with Gasteiger partial charge in [-0.1, -0.05) is 79.3 Å². The van der Waals surface area contributed by atoms with Gasteiger partial charge in [-0.15, -0.1) is 0 Å². The fourth-order valence-corrected chi connectivity index (χ4v) is 4.97. The number of unbranched alkanes of at least 4 members (excludes halogenated alkanes) is 1. The number of hydrogen-bond acceptors (Lipinski definition) is 6. The van der Waals surface area contributed by atoms with Gasteiger partial charge in [-0.2, -0.15) is 0 Å². The summed E-state index contributed by atoms with van der Waals surface area (Å²) in [5, 5.41) is 6.31. The van der Waals surface area contributed by atoms with Crippen molar-refractivity contribution in [3.63, 3.8) is 0 Å². The molecule has 0 saturated heterocycles.